The number of nitrogens with one attached hydrogen (secondary N) is 1. The number of amides is 2. The Balaban J connectivity index is 1.76. The molecule has 0 saturated carbocycles. The number of likely N-dealkylation sites (tertiary alicyclic amines) is 1. The molecule has 2 aromatic rings. The topological polar surface area (TPSA) is 67.9 Å². The van der Waals surface area contributed by atoms with E-state index in [1.54, 1.807) is 14.2 Å². The van der Waals surface area contributed by atoms with Crippen LogP contribution in [-0.4, -0.2) is 37.5 Å². The molecule has 1 saturated heterocycles. The van der Waals surface area contributed by atoms with E-state index in [1.807, 2.05) is 53.4 Å². The first-order chi connectivity index (χ1) is 14.6. The molecule has 2 unspecified atom stereocenters. The van der Waals surface area contributed by atoms with E-state index in [9.17, 15) is 9.59 Å². The third-order valence-electron chi connectivity index (χ3n) is 5.60. The minimum atomic E-state index is -0.416. The monoisotopic (exact) mass is 410 g/mol. The second kappa shape index (κ2) is 10.1. The van der Waals surface area contributed by atoms with Gasteiger partial charge in [0.15, 0.2) is 0 Å². The lowest BCUT2D eigenvalue weighted by atomic mass is 9.92. The van der Waals surface area contributed by atoms with Crippen LogP contribution in [0, 0.1) is 5.92 Å². The predicted octanol–water partition coefficient (Wildman–Crippen LogP) is 3.71. The van der Waals surface area contributed by atoms with Gasteiger partial charge in [0.1, 0.15) is 11.5 Å². The van der Waals surface area contributed by atoms with Gasteiger partial charge in [0.2, 0.25) is 11.8 Å². The Hall–Kier alpha value is -3.02. The highest BCUT2D eigenvalue weighted by atomic mass is 16.5. The molecule has 0 bridgehead atoms. The Morgan fingerprint density at radius 3 is 2.20 bits per heavy atom. The molecule has 1 aliphatic rings. The Labute approximate surface area is 178 Å². The number of benzene rings is 2. The maximum absolute atomic E-state index is 13.1. The van der Waals surface area contributed by atoms with Crippen LogP contribution >= 0.6 is 0 Å². The lowest BCUT2D eigenvalue weighted by Gasteiger charge is -2.28. The van der Waals surface area contributed by atoms with Crippen molar-refractivity contribution in [2.45, 2.75) is 38.8 Å². The Morgan fingerprint density at radius 1 is 1.03 bits per heavy atom. The molecule has 6 heteroatoms. The molecule has 3 rings (SSSR count). The summed E-state index contributed by atoms with van der Waals surface area (Å²) in [6.45, 7) is 3.17. The molecular weight excluding hydrogens is 380 g/mol. The number of rotatable bonds is 9. The average Bonchev–Trinajstić information content (AvgIpc) is 3.12. The fraction of sp³-hybridized carbons (Fsp3) is 0.417. The van der Waals surface area contributed by atoms with Gasteiger partial charge in [-0.3, -0.25) is 9.59 Å². The molecule has 1 N–H and O–H groups in total. The van der Waals surface area contributed by atoms with Crippen molar-refractivity contribution in [2.24, 2.45) is 5.92 Å². The second-order valence-electron chi connectivity index (χ2n) is 7.54. The smallest absolute Gasteiger partial charge is 0.226 e. The van der Waals surface area contributed by atoms with E-state index in [1.165, 1.54) is 0 Å². The molecule has 6 nitrogen and oxygen atoms in total. The quantitative estimate of drug-likeness (QED) is 0.684. The van der Waals surface area contributed by atoms with E-state index < -0.39 is 5.92 Å². The molecule has 1 heterocycles. The number of ether oxygens (including phenoxy) is 2. The van der Waals surface area contributed by atoms with E-state index in [-0.39, 0.29) is 24.3 Å². The summed E-state index contributed by atoms with van der Waals surface area (Å²) in [6.07, 6.45) is 2.14. The number of unbranched alkanes of at least 4 members (excludes halogenated alkanes) is 1. The van der Waals surface area contributed by atoms with Gasteiger partial charge in [-0.2, -0.15) is 0 Å². The van der Waals surface area contributed by atoms with Gasteiger partial charge in [-0.15, -0.1) is 0 Å². The van der Waals surface area contributed by atoms with E-state index in [0.29, 0.717) is 13.1 Å². The van der Waals surface area contributed by atoms with Crippen LogP contribution in [0.1, 0.15) is 43.4 Å². The number of hydrogen-bond donors (Lipinski definition) is 1. The van der Waals surface area contributed by atoms with Crippen LogP contribution in [0.25, 0.3) is 0 Å². The summed E-state index contributed by atoms with van der Waals surface area (Å²) in [4.78, 5) is 27.7. The van der Waals surface area contributed by atoms with Gasteiger partial charge in [0, 0.05) is 19.5 Å². The van der Waals surface area contributed by atoms with Crippen molar-refractivity contribution in [2.75, 3.05) is 20.8 Å². The molecule has 1 aliphatic heterocycles. The van der Waals surface area contributed by atoms with Crippen molar-refractivity contribution in [3.05, 3.63) is 59.7 Å². The third-order valence-corrected chi connectivity index (χ3v) is 5.60. The molecule has 0 radical (unpaired) electrons. The standard InChI is InChI=1S/C24H30N2O4/c1-4-5-14-26-22(27)15-21(23(26)18-8-12-20(30-3)13-9-18)24(28)25-16-17-6-10-19(29-2)11-7-17/h6-13,21,23H,4-5,14-16H2,1-3H3,(H,25,28). The summed E-state index contributed by atoms with van der Waals surface area (Å²) in [5.41, 5.74) is 1.94. The number of methoxy groups -OCH3 is 2. The zero-order chi connectivity index (χ0) is 21.5. The maximum atomic E-state index is 13.1. The highest BCUT2D eigenvalue weighted by Gasteiger charge is 2.44. The Morgan fingerprint density at radius 2 is 1.63 bits per heavy atom. The van der Waals surface area contributed by atoms with E-state index >= 15 is 0 Å². The predicted molar refractivity (Wildman–Crippen MR) is 115 cm³/mol. The van der Waals surface area contributed by atoms with Crippen molar-refractivity contribution in [3.63, 3.8) is 0 Å². The van der Waals surface area contributed by atoms with Crippen molar-refractivity contribution in [3.8, 4) is 11.5 Å². The molecule has 2 aromatic carbocycles. The third kappa shape index (κ3) is 4.93. The summed E-state index contributed by atoms with van der Waals surface area (Å²) in [5.74, 6) is 1.05. The average molecular weight is 411 g/mol. The van der Waals surface area contributed by atoms with Crippen molar-refractivity contribution in [1.29, 1.82) is 0 Å². The fourth-order valence-electron chi connectivity index (χ4n) is 3.89. The van der Waals surface area contributed by atoms with Gasteiger partial charge < -0.3 is 19.7 Å². The summed E-state index contributed by atoms with van der Waals surface area (Å²) < 4.78 is 10.4. The highest BCUT2D eigenvalue weighted by Crippen LogP contribution is 2.39. The molecule has 30 heavy (non-hydrogen) atoms. The van der Waals surface area contributed by atoms with Crippen LogP contribution in [0.2, 0.25) is 0 Å². The number of hydrogen-bond acceptors (Lipinski definition) is 4. The minimum absolute atomic E-state index is 0.0360. The van der Waals surface area contributed by atoms with Crippen LogP contribution in [0.15, 0.2) is 48.5 Å². The lowest BCUT2D eigenvalue weighted by Crippen LogP contribution is -2.35. The molecule has 0 spiro atoms. The lowest BCUT2D eigenvalue weighted by molar-refractivity contribution is -0.129. The van der Waals surface area contributed by atoms with Crippen LogP contribution in [0.5, 0.6) is 11.5 Å². The largest absolute Gasteiger partial charge is 0.497 e. The van der Waals surface area contributed by atoms with E-state index in [4.69, 9.17) is 9.47 Å². The van der Waals surface area contributed by atoms with Crippen LogP contribution in [0.4, 0.5) is 0 Å². The van der Waals surface area contributed by atoms with Crippen LogP contribution in [0.3, 0.4) is 0 Å². The second-order valence-corrected chi connectivity index (χ2v) is 7.54. The van der Waals surface area contributed by atoms with Crippen molar-refractivity contribution < 1.29 is 19.1 Å². The summed E-state index contributed by atoms with van der Waals surface area (Å²) in [7, 11) is 3.24. The first-order valence-electron chi connectivity index (χ1n) is 10.4. The fourth-order valence-corrected chi connectivity index (χ4v) is 3.89. The normalized spacial score (nSPS) is 18.4. The highest BCUT2D eigenvalue weighted by molar-refractivity contribution is 5.90. The van der Waals surface area contributed by atoms with Crippen molar-refractivity contribution >= 4 is 11.8 Å². The van der Waals surface area contributed by atoms with Crippen molar-refractivity contribution in [1.82, 2.24) is 10.2 Å². The first kappa shape index (κ1) is 21.7. The van der Waals surface area contributed by atoms with Gasteiger partial charge in [-0.05, 0) is 41.8 Å². The molecular formula is C24H30N2O4. The summed E-state index contributed by atoms with van der Waals surface area (Å²) in [5, 5.41) is 3.01. The maximum Gasteiger partial charge on any atom is 0.226 e. The Kier molecular flexibility index (Phi) is 7.33. The first-order valence-corrected chi connectivity index (χ1v) is 10.4. The molecule has 2 atom stereocenters. The Bertz CT molecular complexity index is 849. The van der Waals surface area contributed by atoms with Crippen LogP contribution < -0.4 is 14.8 Å². The van der Waals surface area contributed by atoms with Gasteiger partial charge in [-0.25, -0.2) is 0 Å². The SMILES string of the molecule is CCCCN1C(=O)CC(C(=O)NCc2ccc(OC)cc2)C1c1ccc(OC)cc1. The van der Waals surface area contributed by atoms with Crippen LogP contribution in [-0.2, 0) is 16.1 Å². The zero-order valence-corrected chi connectivity index (χ0v) is 17.9. The zero-order valence-electron chi connectivity index (χ0n) is 17.9. The molecule has 0 aliphatic carbocycles. The van der Waals surface area contributed by atoms with E-state index in [0.717, 1.165) is 35.5 Å². The van der Waals surface area contributed by atoms with Gasteiger partial charge in [-0.1, -0.05) is 37.6 Å². The van der Waals surface area contributed by atoms with Gasteiger partial charge in [0.25, 0.3) is 0 Å². The van der Waals surface area contributed by atoms with Gasteiger partial charge in [0.05, 0.1) is 26.2 Å². The summed E-state index contributed by atoms with van der Waals surface area (Å²) >= 11 is 0. The van der Waals surface area contributed by atoms with E-state index in [2.05, 4.69) is 12.2 Å². The molecule has 2 amide bonds. The molecule has 160 valence electrons. The summed E-state index contributed by atoms with van der Waals surface area (Å²) in [6, 6.07) is 15.0. The minimum Gasteiger partial charge on any atom is -0.497 e. The molecule has 1 fully saturated rings. The molecule has 0 aromatic heterocycles. The van der Waals surface area contributed by atoms with Gasteiger partial charge >= 0.3 is 0 Å². The number of carbonyl (C=O) groups is 2. The number of carbonyl (C=O) groups excluding carboxylic acids is 2. The number of nitrogens with zero attached hydrogens (tertiary/aromatic N) is 1.